The second-order valence-corrected chi connectivity index (χ2v) is 7.03. The molecule has 0 saturated carbocycles. The van der Waals surface area contributed by atoms with Gasteiger partial charge in [0.2, 0.25) is 5.65 Å². The standard InChI is InChI=1S/C19H24N6O/c1-14(2)17-11-18(19-22-21-13-25(19)23-17)24-9-6-16(7-10-24)26-12-15-5-3-4-8-20-15/h3-5,8,11,13-14,16H,6-7,9-10,12H2,1-2H3. The molecular formula is C19H24N6O. The predicted molar refractivity (Wildman–Crippen MR) is 99.1 cm³/mol. The van der Waals surface area contributed by atoms with Crippen LogP contribution in [0.1, 0.15) is 44.0 Å². The van der Waals surface area contributed by atoms with Crippen LogP contribution in [0.25, 0.3) is 5.65 Å². The summed E-state index contributed by atoms with van der Waals surface area (Å²) in [4.78, 5) is 6.69. The molecule has 3 aromatic heterocycles. The minimum atomic E-state index is 0.272. The molecule has 0 amide bonds. The van der Waals surface area contributed by atoms with E-state index in [4.69, 9.17) is 4.74 Å². The predicted octanol–water partition coefficient (Wildman–Crippen LogP) is 2.83. The zero-order valence-corrected chi connectivity index (χ0v) is 15.2. The Kier molecular flexibility index (Phi) is 4.79. The van der Waals surface area contributed by atoms with Crippen LogP contribution in [0.2, 0.25) is 0 Å². The molecule has 4 heterocycles. The Balaban J connectivity index is 1.43. The van der Waals surface area contributed by atoms with Gasteiger partial charge in [0.05, 0.1) is 29.8 Å². The van der Waals surface area contributed by atoms with E-state index < -0.39 is 0 Å². The van der Waals surface area contributed by atoms with E-state index in [1.165, 1.54) is 0 Å². The maximum Gasteiger partial charge on any atom is 0.200 e. The minimum Gasteiger partial charge on any atom is -0.372 e. The van der Waals surface area contributed by atoms with E-state index >= 15 is 0 Å². The molecule has 0 aromatic carbocycles. The zero-order valence-electron chi connectivity index (χ0n) is 15.2. The topological polar surface area (TPSA) is 68.4 Å². The van der Waals surface area contributed by atoms with Crippen LogP contribution in [0, 0.1) is 0 Å². The molecule has 7 nitrogen and oxygen atoms in total. The van der Waals surface area contributed by atoms with Gasteiger partial charge in [-0.15, -0.1) is 10.2 Å². The molecule has 3 aromatic rings. The van der Waals surface area contributed by atoms with Crippen molar-refractivity contribution in [2.24, 2.45) is 0 Å². The lowest BCUT2D eigenvalue weighted by Crippen LogP contribution is -2.37. The van der Waals surface area contributed by atoms with Crippen molar-refractivity contribution < 1.29 is 4.74 Å². The number of anilines is 1. The molecule has 26 heavy (non-hydrogen) atoms. The van der Waals surface area contributed by atoms with Gasteiger partial charge in [0.15, 0.2) is 0 Å². The van der Waals surface area contributed by atoms with Crippen molar-refractivity contribution in [1.82, 2.24) is 24.8 Å². The highest BCUT2D eigenvalue weighted by Crippen LogP contribution is 2.27. The van der Waals surface area contributed by atoms with Gasteiger partial charge in [0.25, 0.3) is 0 Å². The van der Waals surface area contributed by atoms with Crippen LogP contribution in [0.3, 0.4) is 0 Å². The number of fused-ring (bicyclic) bond motifs is 1. The largest absolute Gasteiger partial charge is 0.372 e. The molecule has 1 aliphatic rings. The van der Waals surface area contributed by atoms with Gasteiger partial charge in [-0.05, 0) is 37.0 Å². The third-order valence-corrected chi connectivity index (χ3v) is 4.83. The summed E-state index contributed by atoms with van der Waals surface area (Å²) in [6, 6.07) is 8.08. The molecule has 0 bridgehead atoms. The van der Waals surface area contributed by atoms with Crippen LogP contribution >= 0.6 is 0 Å². The van der Waals surface area contributed by atoms with Gasteiger partial charge in [0, 0.05) is 19.3 Å². The Morgan fingerprint density at radius 3 is 2.81 bits per heavy atom. The third kappa shape index (κ3) is 3.53. The lowest BCUT2D eigenvalue weighted by molar-refractivity contribution is 0.0234. The summed E-state index contributed by atoms with van der Waals surface area (Å²) < 4.78 is 7.84. The first-order chi connectivity index (χ1) is 12.7. The quantitative estimate of drug-likeness (QED) is 0.703. The Morgan fingerprint density at radius 1 is 1.23 bits per heavy atom. The molecule has 0 N–H and O–H groups in total. The fourth-order valence-electron chi connectivity index (χ4n) is 3.29. The number of hydrogen-bond donors (Lipinski definition) is 0. The third-order valence-electron chi connectivity index (χ3n) is 4.83. The summed E-state index contributed by atoms with van der Waals surface area (Å²) in [7, 11) is 0. The molecule has 0 unspecified atom stereocenters. The van der Waals surface area contributed by atoms with E-state index in [0.29, 0.717) is 12.5 Å². The van der Waals surface area contributed by atoms with Gasteiger partial charge in [-0.3, -0.25) is 4.98 Å². The van der Waals surface area contributed by atoms with E-state index in [2.05, 4.69) is 45.1 Å². The number of hydrogen-bond acceptors (Lipinski definition) is 6. The second-order valence-electron chi connectivity index (χ2n) is 7.03. The summed E-state index contributed by atoms with van der Waals surface area (Å²) in [6.07, 6.45) is 5.74. The van der Waals surface area contributed by atoms with Gasteiger partial charge >= 0.3 is 0 Å². The Labute approximate surface area is 153 Å². The number of nitrogens with zero attached hydrogens (tertiary/aromatic N) is 6. The fraction of sp³-hybridized carbons (Fsp3) is 0.474. The fourth-order valence-corrected chi connectivity index (χ4v) is 3.29. The first kappa shape index (κ1) is 16.9. The molecule has 7 heteroatoms. The molecule has 1 aliphatic heterocycles. The summed E-state index contributed by atoms with van der Waals surface area (Å²) in [5.41, 5.74) is 3.98. The van der Waals surface area contributed by atoms with Crippen molar-refractivity contribution in [2.45, 2.75) is 45.3 Å². The lowest BCUT2D eigenvalue weighted by Gasteiger charge is -2.33. The SMILES string of the molecule is CC(C)c1cc(N2CCC(OCc3ccccn3)CC2)c2nncn2n1. The van der Waals surface area contributed by atoms with Crippen molar-refractivity contribution in [3.05, 3.63) is 48.2 Å². The number of piperidine rings is 1. The van der Waals surface area contributed by atoms with Gasteiger partial charge in [-0.1, -0.05) is 19.9 Å². The molecule has 0 atom stereocenters. The zero-order chi connectivity index (χ0) is 17.9. The minimum absolute atomic E-state index is 0.272. The van der Waals surface area contributed by atoms with Gasteiger partial charge in [-0.25, -0.2) is 0 Å². The summed E-state index contributed by atoms with van der Waals surface area (Å²) >= 11 is 0. The van der Waals surface area contributed by atoms with E-state index in [1.54, 1.807) is 17.0 Å². The van der Waals surface area contributed by atoms with Gasteiger partial charge in [0.1, 0.15) is 6.33 Å². The van der Waals surface area contributed by atoms with Gasteiger partial charge in [-0.2, -0.15) is 9.61 Å². The number of ether oxygens (including phenoxy) is 1. The number of rotatable bonds is 5. The van der Waals surface area contributed by atoms with Crippen LogP contribution in [-0.4, -0.2) is 44.0 Å². The van der Waals surface area contributed by atoms with Crippen molar-refractivity contribution in [2.75, 3.05) is 18.0 Å². The summed E-state index contributed by atoms with van der Waals surface area (Å²) in [5.74, 6) is 0.361. The van der Waals surface area contributed by atoms with E-state index in [1.807, 2.05) is 18.2 Å². The Bertz CT molecular complexity index is 855. The molecule has 0 spiro atoms. The average molecular weight is 352 g/mol. The second kappa shape index (κ2) is 7.37. The van der Waals surface area contributed by atoms with Crippen molar-refractivity contribution in [3.63, 3.8) is 0 Å². The molecule has 4 rings (SSSR count). The molecule has 1 fully saturated rings. The maximum atomic E-state index is 6.05. The highest BCUT2D eigenvalue weighted by Gasteiger charge is 2.23. The summed E-state index contributed by atoms with van der Waals surface area (Å²) in [5, 5.41) is 12.9. The monoisotopic (exact) mass is 352 g/mol. The van der Waals surface area contributed by atoms with Gasteiger partial charge < -0.3 is 9.64 Å². The highest BCUT2D eigenvalue weighted by atomic mass is 16.5. The van der Waals surface area contributed by atoms with E-state index in [9.17, 15) is 0 Å². The van der Waals surface area contributed by atoms with Crippen LogP contribution in [0.15, 0.2) is 36.8 Å². The average Bonchev–Trinajstić information content (AvgIpc) is 3.15. The summed E-state index contributed by atoms with van der Waals surface area (Å²) in [6.45, 7) is 6.76. The Hall–Kier alpha value is -2.54. The smallest absolute Gasteiger partial charge is 0.200 e. The van der Waals surface area contributed by atoms with Crippen LogP contribution in [0.5, 0.6) is 0 Å². The van der Waals surface area contributed by atoms with Crippen molar-refractivity contribution in [1.29, 1.82) is 0 Å². The van der Waals surface area contributed by atoms with Crippen LogP contribution in [-0.2, 0) is 11.3 Å². The molecule has 0 aliphatic carbocycles. The van der Waals surface area contributed by atoms with Crippen molar-refractivity contribution >= 4 is 11.3 Å². The molecule has 0 radical (unpaired) electrons. The molecule has 136 valence electrons. The number of aromatic nitrogens is 5. The first-order valence-corrected chi connectivity index (χ1v) is 9.18. The van der Waals surface area contributed by atoms with E-state index in [0.717, 1.165) is 48.7 Å². The molecular weight excluding hydrogens is 328 g/mol. The highest BCUT2D eigenvalue weighted by molar-refractivity contribution is 5.68. The van der Waals surface area contributed by atoms with Crippen molar-refractivity contribution in [3.8, 4) is 0 Å². The number of pyridine rings is 1. The van der Waals surface area contributed by atoms with Crippen LogP contribution in [0.4, 0.5) is 5.69 Å². The molecule has 1 saturated heterocycles. The first-order valence-electron chi connectivity index (χ1n) is 9.18. The normalized spacial score (nSPS) is 15.9. The lowest BCUT2D eigenvalue weighted by atomic mass is 10.1. The van der Waals surface area contributed by atoms with Crippen LogP contribution < -0.4 is 4.90 Å². The van der Waals surface area contributed by atoms with E-state index in [-0.39, 0.29) is 6.10 Å². The maximum absolute atomic E-state index is 6.05. The Morgan fingerprint density at radius 2 is 2.08 bits per heavy atom.